The number of carbonyl (C=O) groups is 1. The van der Waals surface area contributed by atoms with Crippen LogP contribution in [0, 0.1) is 62.7 Å². The normalized spacial score (nSPS) is 10.2. The van der Waals surface area contributed by atoms with Gasteiger partial charge in [0.15, 0.2) is 23.0 Å². The Morgan fingerprint density at radius 2 is 1.16 bits per heavy atom. The number of nitriles is 1. The third-order valence-electron chi connectivity index (χ3n) is 7.80. The zero-order chi connectivity index (χ0) is 36.8. The van der Waals surface area contributed by atoms with E-state index in [0.29, 0.717) is 39.0 Å². The highest BCUT2D eigenvalue weighted by Gasteiger charge is 2.20. The smallest absolute Gasteiger partial charge is 0.269 e. The van der Waals surface area contributed by atoms with Crippen molar-refractivity contribution < 1.29 is 4.79 Å². The molecule has 0 aromatic carbocycles. The Morgan fingerprint density at radius 3 is 1.61 bits per heavy atom. The molecule has 0 atom stereocenters. The first-order valence-electron chi connectivity index (χ1n) is 15.3. The highest BCUT2D eigenvalue weighted by atomic mass is 35.5. The second-order valence-corrected chi connectivity index (χ2v) is 12.0. The van der Waals surface area contributed by atoms with E-state index in [2.05, 4.69) is 59.7 Å². The minimum Gasteiger partial charge on any atom is -0.364 e. The molecule has 0 aliphatic rings. The molecule has 0 aliphatic heterocycles. The van der Waals surface area contributed by atoms with Gasteiger partial charge in [0.25, 0.3) is 5.91 Å². The molecule has 0 unspecified atom stereocenters. The molecule has 11 nitrogen and oxygen atoms in total. The number of carbonyl (C=O) groups excluding carboxylic acids is 1. The van der Waals surface area contributed by atoms with E-state index in [4.69, 9.17) is 28.9 Å². The first-order valence-corrected chi connectivity index (χ1v) is 16.1. The van der Waals surface area contributed by atoms with E-state index < -0.39 is 5.91 Å². The molecule has 0 bridgehead atoms. The van der Waals surface area contributed by atoms with Crippen molar-refractivity contribution in [2.75, 3.05) is 0 Å². The number of amides is 1. The van der Waals surface area contributed by atoms with Crippen LogP contribution >= 0.6 is 23.2 Å². The molecule has 13 heteroatoms. The number of rotatable bonds is 3. The lowest BCUT2D eigenvalue weighted by Crippen LogP contribution is -2.13. The maximum atomic E-state index is 11.9. The van der Waals surface area contributed by atoms with Crippen molar-refractivity contribution in [2.45, 2.75) is 27.7 Å². The van der Waals surface area contributed by atoms with Gasteiger partial charge in [-0.1, -0.05) is 35.0 Å². The summed E-state index contributed by atoms with van der Waals surface area (Å²) in [5.74, 6) is 12.4. The summed E-state index contributed by atoms with van der Waals surface area (Å²) in [6, 6.07) is 13.3. The Bertz CT molecular complexity index is 2450. The van der Waals surface area contributed by atoms with Crippen LogP contribution in [0.3, 0.4) is 0 Å². The average molecular weight is 714 g/mol. The van der Waals surface area contributed by atoms with Crippen molar-refractivity contribution in [3.63, 3.8) is 0 Å². The molecule has 51 heavy (non-hydrogen) atoms. The van der Waals surface area contributed by atoms with Gasteiger partial charge in [0.1, 0.15) is 16.4 Å². The lowest BCUT2D eigenvalue weighted by atomic mass is 10.1. The molecule has 0 spiro atoms. The second-order valence-electron chi connectivity index (χ2n) is 11.3. The Morgan fingerprint density at radius 1 is 0.686 bits per heavy atom. The zero-order valence-corrected chi connectivity index (χ0v) is 30.1. The SMILES string of the molecule is Cc1ccc(-c2c(C#N)nc(C#Cc3ccnc(Cl)c3C)n2C)cn1.Cc1ccc(-c2c(C(N)=O)nc(C#Cc3ccnc(Cl)c3C)n2C)cn1. The second kappa shape index (κ2) is 15.5. The summed E-state index contributed by atoms with van der Waals surface area (Å²) in [6.07, 6.45) is 6.62. The molecule has 0 saturated heterocycles. The maximum Gasteiger partial charge on any atom is 0.269 e. The largest absolute Gasteiger partial charge is 0.364 e. The number of pyridine rings is 4. The van der Waals surface area contributed by atoms with Crippen LogP contribution in [0.1, 0.15) is 61.5 Å². The first kappa shape index (κ1) is 36.0. The third-order valence-corrected chi connectivity index (χ3v) is 8.56. The molecule has 6 rings (SSSR count). The number of hydrogen-bond acceptors (Lipinski definition) is 8. The molecule has 0 aliphatic carbocycles. The van der Waals surface area contributed by atoms with Gasteiger partial charge in [-0.15, -0.1) is 0 Å². The van der Waals surface area contributed by atoms with Crippen molar-refractivity contribution in [1.82, 2.24) is 39.0 Å². The lowest BCUT2D eigenvalue weighted by molar-refractivity contribution is 0.0996. The van der Waals surface area contributed by atoms with Crippen molar-refractivity contribution in [1.29, 1.82) is 5.26 Å². The molecule has 6 aromatic rings. The Hall–Kier alpha value is -6.32. The van der Waals surface area contributed by atoms with Crippen LogP contribution in [-0.2, 0) is 14.1 Å². The van der Waals surface area contributed by atoms with Crippen LogP contribution in [-0.4, -0.2) is 44.9 Å². The van der Waals surface area contributed by atoms with Crippen molar-refractivity contribution in [3.8, 4) is 52.3 Å². The molecule has 2 N–H and O–H groups in total. The summed E-state index contributed by atoms with van der Waals surface area (Å²) < 4.78 is 3.54. The number of aryl methyl sites for hydroxylation is 2. The van der Waals surface area contributed by atoms with E-state index in [1.54, 1.807) is 53.1 Å². The summed E-state index contributed by atoms with van der Waals surface area (Å²) in [6.45, 7) is 7.51. The predicted octanol–water partition coefficient (Wildman–Crippen LogP) is 6.06. The number of imidazole rings is 2. The lowest BCUT2D eigenvalue weighted by Gasteiger charge is -2.05. The summed E-state index contributed by atoms with van der Waals surface area (Å²) in [7, 11) is 3.62. The minimum absolute atomic E-state index is 0.159. The van der Waals surface area contributed by atoms with Crippen LogP contribution in [0.4, 0.5) is 0 Å². The fraction of sp³-hybridized carbons (Fsp3) is 0.158. The van der Waals surface area contributed by atoms with E-state index >= 15 is 0 Å². The quantitative estimate of drug-likeness (QED) is 0.171. The number of primary amides is 1. The Labute approximate surface area is 305 Å². The molecule has 1 amide bonds. The monoisotopic (exact) mass is 712 g/mol. The molecule has 6 aromatic heterocycles. The average Bonchev–Trinajstić information content (AvgIpc) is 3.62. The first-order chi connectivity index (χ1) is 24.4. The number of nitrogens with two attached hydrogens (primary N) is 1. The number of hydrogen-bond donors (Lipinski definition) is 1. The van der Waals surface area contributed by atoms with Gasteiger partial charge in [-0.25, -0.2) is 19.9 Å². The summed E-state index contributed by atoms with van der Waals surface area (Å²) >= 11 is 12.0. The van der Waals surface area contributed by atoms with Crippen molar-refractivity contribution in [3.05, 3.63) is 128 Å². The van der Waals surface area contributed by atoms with Crippen LogP contribution in [0.15, 0.2) is 61.2 Å². The number of nitrogens with zero attached hydrogens (tertiary/aromatic N) is 9. The topological polar surface area (TPSA) is 154 Å². The predicted molar refractivity (Wildman–Crippen MR) is 196 cm³/mol. The van der Waals surface area contributed by atoms with Gasteiger partial charge < -0.3 is 14.9 Å². The standard InChI is InChI=1S/C19H16ClN5O.C19H14ClN5/c1-11-4-5-14(10-23-11)17-16(19(21)26)24-15(25(17)3)7-6-13-8-9-22-18(20)12(13)2;1-12-4-5-15(11-23-12)18-16(10-21)24-17(25(18)3)7-6-14-8-9-22-19(20)13(14)2/h4-5,8-10H,1-3H3,(H2,21,26);4-5,8-9,11H,1-3H3. The number of aromatic nitrogens is 8. The van der Waals surface area contributed by atoms with Gasteiger partial charge in [-0.2, -0.15) is 5.26 Å². The molecule has 0 radical (unpaired) electrons. The van der Waals surface area contributed by atoms with E-state index in [1.165, 1.54) is 0 Å². The van der Waals surface area contributed by atoms with Crippen molar-refractivity contribution >= 4 is 29.1 Å². The highest BCUT2D eigenvalue weighted by Crippen LogP contribution is 2.25. The molecule has 6 heterocycles. The summed E-state index contributed by atoms with van der Waals surface area (Å²) in [4.78, 5) is 37.1. The Kier molecular flexibility index (Phi) is 10.9. The fourth-order valence-electron chi connectivity index (χ4n) is 4.88. The van der Waals surface area contributed by atoms with Gasteiger partial charge in [0.2, 0.25) is 0 Å². The van der Waals surface area contributed by atoms with Crippen LogP contribution in [0.2, 0.25) is 10.3 Å². The third kappa shape index (κ3) is 7.95. The molecular formula is C38H30Cl2N10O. The molecule has 252 valence electrons. The van der Waals surface area contributed by atoms with E-state index in [9.17, 15) is 10.1 Å². The molecule has 0 saturated carbocycles. The maximum absolute atomic E-state index is 11.9. The summed E-state index contributed by atoms with van der Waals surface area (Å²) in [5, 5.41) is 10.2. The van der Waals surface area contributed by atoms with Gasteiger partial charge in [-0.05, 0) is 75.9 Å². The van der Waals surface area contributed by atoms with E-state index in [1.807, 2.05) is 59.0 Å². The van der Waals surface area contributed by atoms with Gasteiger partial charge in [-0.3, -0.25) is 14.8 Å². The molecular weight excluding hydrogens is 683 g/mol. The van der Waals surface area contributed by atoms with Gasteiger partial charge in [0.05, 0.1) is 11.4 Å². The van der Waals surface area contributed by atoms with Crippen LogP contribution in [0.25, 0.3) is 22.5 Å². The number of halogens is 2. The fourth-order valence-corrected chi connectivity index (χ4v) is 5.20. The van der Waals surface area contributed by atoms with E-state index in [-0.39, 0.29) is 5.69 Å². The van der Waals surface area contributed by atoms with Gasteiger partial charge in [0, 0.05) is 83.7 Å². The highest BCUT2D eigenvalue weighted by molar-refractivity contribution is 6.30. The van der Waals surface area contributed by atoms with Crippen LogP contribution < -0.4 is 5.73 Å². The minimum atomic E-state index is -0.618. The summed E-state index contributed by atoms with van der Waals surface area (Å²) in [5.41, 5.74) is 13.7. The van der Waals surface area contributed by atoms with E-state index in [0.717, 1.165) is 44.8 Å². The van der Waals surface area contributed by atoms with Gasteiger partial charge >= 0.3 is 0 Å². The van der Waals surface area contributed by atoms with Crippen molar-refractivity contribution in [2.24, 2.45) is 19.8 Å². The zero-order valence-electron chi connectivity index (χ0n) is 28.5. The molecule has 0 fully saturated rings. The Balaban J connectivity index is 0.000000198. The van der Waals surface area contributed by atoms with Crippen LogP contribution in [0.5, 0.6) is 0 Å².